The first-order valence-corrected chi connectivity index (χ1v) is 4.58. The fourth-order valence-electron chi connectivity index (χ4n) is 1.05. The lowest BCUT2D eigenvalue weighted by atomic mass is 10.3. The van der Waals surface area contributed by atoms with Crippen molar-refractivity contribution in [3.05, 3.63) is 12.7 Å². The number of halogens is 1. The van der Waals surface area contributed by atoms with Crippen molar-refractivity contribution in [3.8, 4) is 0 Å². The minimum Gasteiger partial charge on any atom is -0.322 e. The molecule has 0 fully saturated rings. The molecule has 0 aromatic rings. The van der Waals surface area contributed by atoms with E-state index in [0.29, 0.717) is 16.9 Å². The lowest BCUT2D eigenvalue weighted by molar-refractivity contribution is -0.882. The Labute approximate surface area is 79.4 Å². The van der Waals surface area contributed by atoms with E-state index in [0.717, 1.165) is 13.0 Å². The van der Waals surface area contributed by atoms with Crippen molar-refractivity contribution in [2.75, 3.05) is 33.1 Å². The molecule has 0 bridgehead atoms. The second-order valence-corrected chi connectivity index (χ2v) is 3.91. The van der Waals surface area contributed by atoms with Crippen molar-refractivity contribution in [2.24, 2.45) is 0 Å². The van der Waals surface area contributed by atoms with Crippen LogP contribution in [0.15, 0.2) is 12.7 Å². The minimum atomic E-state index is 0.0922. The summed E-state index contributed by atoms with van der Waals surface area (Å²) in [5, 5.41) is 0. The van der Waals surface area contributed by atoms with Crippen LogP contribution in [0.5, 0.6) is 0 Å². The minimum absolute atomic E-state index is 0.0922. The van der Waals surface area contributed by atoms with Gasteiger partial charge in [0.15, 0.2) is 0 Å². The molecule has 70 valence electrons. The molecule has 0 aliphatic carbocycles. The monoisotopic (exact) mass is 190 g/mol. The molecule has 0 aliphatic rings. The third kappa shape index (κ3) is 5.33. The van der Waals surface area contributed by atoms with Gasteiger partial charge in [-0.05, 0) is 6.08 Å². The molecule has 0 spiro atoms. The van der Waals surface area contributed by atoms with Crippen LogP contribution in [0.2, 0.25) is 0 Å². The van der Waals surface area contributed by atoms with Gasteiger partial charge in [-0.2, -0.15) is 0 Å². The molecule has 0 saturated carbocycles. The Kier molecular flexibility index (Phi) is 5.18. The first-order chi connectivity index (χ1) is 5.52. The molecule has 0 rings (SSSR count). The number of carbonyl (C=O) groups is 1. The molecule has 0 heterocycles. The summed E-state index contributed by atoms with van der Waals surface area (Å²) in [4.78, 5) is 11.0. The van der Waals surface area contributed by atoms with Gasteiger partial charge in [-0.1, -0.05) is 6.58 Å². The highest BCUT2D eigenvalue weighted by atomic mass is 35.5. The summed E-state index contributed by atoms with van der Waals surface area (Å²) in [7, 11) is 4.04. The Morgan fingerprint density at radius 1 is 1.58 bits per heavy atom. The van der Waals surface area contributed by atoms with Crippen LogP contribution in [0.3, 0.4) is 0 Å². The molecule has 0 atom stereocenters. The molecule has 0 radical (unpaired) electrons. The summed E-state index contributed by atoms with van der Waals surface area (Å²) in [6.07, 6.45) is 2.32. The molecule has 0 aromatic carbocycles. The van der Waals surface area contributed by atoms with E-state index >= 15 is 0 Å². The summed E-state index contributed by atoms with van der Waals surface area (Å²) < 4.78 is 0.692. The maximum Gasteiger partial charge on any atom is 0.209 e. The van der Waals surface area contributed by atoms with E-state index in [9.17, 15) is 4.79 Å². The lowest BCUT2D eigenvalue weighted by Gasteiger charge is -2.28. The number of rotatable bonds is 6. The van der Waals surface area contributed by atoms with E-state index in [1.54, 1.807) is 0 Å². The second kappa shape index (κ2) is 5.33. The molecule has 3 heteroatoms. The number of quaternary nitrogens is 1. The Morgan fingerprint density at radius 2 is 2.17 bits per heavy atom. The van der Waals surface area contributed by atoms with E-state index in [4.69, 9.17) is 11.6 Å². The van der Waals surface area contributed by atoms with Crippen molar-refractivity contribution in [2.45, 2.75) is 6.42 Å². The molecule has 0 aliphatic heterocycles. The molecule has 0 N–H and O–H groups in total. The highest BCUT2D eigenvalue weighted by molar-refractivity contribution is 6.17. The third-order valence-electron chi connectivity index (χ3n) is 1.71. The van der Waals surface area contributed by atoms with Crippen molar-refractivity contribution in [3.63, 3.8) is 0 Å². The molecule has 12 heavy (non-hydrogen) atoms. The largest absolute Gasteiger partial charge is 0.322 e. The van der Waals surface area contributed by atoms with Gasteiger partial charge in [-0.15, -0.1) is 11.6 Å². The molecule has 0 unspecified atom stereocenters. The van der Waals surface area contributed by atoms with Crippen LogP contribution < -0.4 is 0 Å². The SMILES string of the molecule is C=CC(=O)C[N+](C)(C)CCCCl. The van der Waals surface area contributed by atoms with E-state index in [1.165, 1.54) is 6.08 Å². The zero-order chi connectivity index (χ0) is 9.61. The number of hydrogen-bond donors (Lipinski definition) is 0. The summed E-state index contributed by atoms with van der Waals surface area (Å²) in [6, 6.07) is 0. The summed E-state index contributed by atoms with van der Waals surface area (Å²) in [6.45, 7) is 4.89. The zero-order valence-electron chi connectivity index (χ0n) is 7.85. The van der Waals surface area contributed by atoms with Crippen molar-refractivity contribution in [1.82, 2.24) is 0 Å². The summed E-state index contributed by atoms with van der Waals surface area (Å²) in [5.74, 6) is 0.749. The smallest absolute Gasteiger partial charge is 0.209 e. The maximum absolute atomic E-state index is 11.0. The molecule has 0 aromatic heterocycles. The highest BCUT2D eigenvalue weighted by Gasteiger charge is 2.16. The van der Waals surface area contributed by atoms with Gasteiger partial charge >= 0.3 is 0 Å². The van der Waals surface area contributed by atoms with Gasteiger partial charge in [0.05, 0.1) is 20.6 Å². The van der Waals surface area contributed by atoms with Crippen LogP contribution in [-0.4, -0.2) is 43.3 Å². The quantitative estimate of drug-likeness (QED) is 0.352. The van der Waals surface area contributed by atoms with Crippen molar-refractivity contribution in [1.29, 1.82) is 0 Å². The molecule has 0 amide bonds. The van der Waals surface area contributed by atoms with Gasteiger partial charge in [-0.3, -0.25) is 4.79 Å². The fraction of sp³-hybridized carbons (Fsp3) is 0.667. The van der Waals surface area contributed by atoms with E-state index in [1.807, 2.05) is 14.1 Å². The van der Waals surface area contributed by atoms with E-state index in [-0.39, 0.29) is 5.78 Å². The number of hydrogen-bond acceptors (Lipinski definition) is 1. The predicted molar refractivity (Wildman–Crippen MR) is 52.4 cm³/mol. The van der Waals surface area contributed by atoms with E-state index in [2.05, 4.69) is 6.58 Å². The van der Waals surface area contributed by atoms with Crippen LogP contribution in [0.4, 0.5) is 0 Å². The number of ketones is 1. The van der Waals surface area contributed by atoms with Gasteiger partial charge in [0.25, 0.3) is 0 Å². The zero-order valence-corrected chi connectivity index (χ0v) is 8.60. The van der Waals surface area contributed by atoms with Crippen LogP contribution in [0.25, 0.3) is 0 Å². The third-order valence-corrected chi connectivity index (χ3v) is 1.98. The number of carbonyl (C=O) groups excluding carboxylic acids is 1. The van der Waals surface area contributed by atoms with Gasteiger partial charge in [0, 0.05) is 12.3 Å². The normalized spacial score (nSPS) is 11.2. The summed E-state index contributed by atoms with van der Waals surface area (Å²) in [5.41, 5.74) is 0. The molecule has 0 saturated heterocycles. The first kappa shape index (κ1) is 11.7. The highest BCUT2D eigenvalue weighted by Crippen LogP contribution is 2.00. The van der Waals surface area contributed by atoms with Gasteiger partial charge in [0.2, 0.25) is 5.78 Å². The lowest BCUT2D eigenvalue weighted by Crippen LogP contribution is -2.44. The van der Waals surface area contributed by atoms with E-state index < -0.39 is 0 Å². The molecular formula is C9H17ClNO+. The molecular weight excluding hydrogens is 174 g/mol. The second-order valence-electron chi connectivity index (χ2n) is 3.53. The Hall–Kier alpha value is -0.340. The Bertz CT molecular complexity index is 166. The maximum atomic E-state index is 11.0. The van der Waals surface area contributed by atoms with Crippen LogP contribution in [-0.2, 0) is 4.79 Å². The van der Waals surface area contributed by atoms with Crippen molar-refractivity contribution >= 4 is 17.4 Å². The fourth-order valence-corrected chi connectivity index (χ4v) is 1.17. The van der Waals surface area contributed by atoms with Crippen LogP contribution in [0.1, 0.15) is 6.42 Å². The van der Waals surface area contributed by atoms with Crippen LogP contribution >= 0.6 is 11.6 Å². The van der Waals surface area contributed by atoms with Crippen molar-refractivity contribution < 1.29 is 9.28 Å². The number of alkyl halides is 1. The molecule has 2 nitrogen and oxygen atoms in total. The van der Waals surface area contributed by atoms with Gasteiger partial charge in [0.1, 0.15) is 6.54 Å². The summed E-state index contributed by atoms with van der Waals surface area (Å²) >= 11 is 5.56. The predicted octanol–water partition coefficient (Wildman–Crippen LogP) is 1.45. The average molecular weight is 191 g/mol. The number of nitrogens with zero attached hydrogens (tertiary/aromatic N) is 1. The average Bonchev–Trinajstić information content (AvgIpc) is 2.00. The van der Waals surface area contributed by atoms with Gasteiger partial charge in [-0.25, -0.2) is 0 Å². The topological polar surface area (TPSA) is 17.1 Å². The Morgan fingerprint density at radius 3 is 2.58 bits per heavy atom. The first-order valence-electron chi connectivity index (χ1n) is 4.05. The van der Waals surface area contributed by atoms with Crippen LogP contribution in [0, 0.1) is 0 Å². The van der Waals surface area contributed by atoms with Gasteiger partial charge < -0.3 is 4.48 Å². The Balaban J connectivity index is 3.85. The number of likely N-dealkylation sites (N-methyl/N-ethyl adjacent to an activating group) is 1. The standard InChI is InChI=1S/C9H17ClNO/c1-4-9(12)8-11(2,3)7-5-6-10/h4H,1,5-8H2,2-3H3/q+1.